The summed E-state index contributed by atoms with van der Waals surface area (Å²) in [5, 5.41) is 4.59. The molecular formula is C58H49N5Pt. The average Bonchev–Trinajstić information content (AvgIpc) is 3.98. The van der Waals surface area contributed by atoms with Crippen molar-refractivity contribution in [1.82, 2.24) is 24.1 Å². The van der Waals surface area contributed by atoms with Crippen molar-refractivity contribution in [3.05, 3.63) is 181 Å². The Bertz CT molecular complexity index is 3530. The molecule has 0 saturated heterocycles. The minimum atomic E-state index is -0.0494. The molecule has 0 bridgehead atoms. The molecule has 5 nitrogen and oxygen atoms in total. The van der Waals surface area contributed by atoms with Crippen molar-refractivity contribution >= 4 is 54.6 Å². The SMILES string of the molecule is CC(C)c1cccc(C(C)C)c1-c1ccc2c(c1)c1ccc(-c3cccc4c3nc(-c3cccc5c3[n-]c3ccccc35)n4-c3ccccc3)[c-]c1n2-c1cc(C(C)(C)C)ccn1.[Pt+2]. The molecule has 0 fully saturated rings. The second-order valence-corrected chi connectivity index (χ2v) is 18.6. The summed E-state index contributed by atoms with van der Waals surface area (Å²) in [6.07, 6.45) is 1.95. The molecule has 0 radical (unpaired) electrons. The molecule has 0 aliphatic heterocycles. The molecule has 0 N–H and O–H groups in total. The summed E-state index contributed by atoms with van der Waals surface area (Å²) >= 11 is 0. The van der Waals surface area contributed by atoms with Crippen molar-refractivity contribution in [3.63, 3.8) is 0 Å². The number of rotatable bonds is 7. The van der Waals surface area contributed by atoms with Crippen LogP contribution in [-0.4, -0.2) is 19.1 Å². The van der Waals surface area contributed by atoms with Crippen molar-refractivity contribution < 1.29 is 21.1 Å². The minimum Gasteiger partial charge on any atom is -0.656 e. The van der Waals surface area contributed by atoms with E-state index in [4.69, 9.17) is 15.0 Å². The minimum absolute atomic E-state index is 0. The van der Waals surface area contributed by atoms with E-state index < -0.39 is 0 Å². The maximum Gasteiger partial charge on any atom is 2.00 e. The molecule has 4 aromatic heterocycles. The number of benzene rings is 7. The van der Waals surface area contributed by atoms with E-state index in [-0.39, 0.29) is 26.5 Å². The maximum atomic E-state index is 5.57. The smallest absolute Gasteiger partial charge is 0.656 e. The third kappa shape index (κ3) is 6.72. The molecule has 0 saturated carbocycles. The number of fused-ring (bicyclic) bond motifs is 7. The first-order valence-corrected chi connectivity index (χ1v) is 22.2. The third-order valence-electron chi connectivity index (χ3n) is 12.9. The number of imidazole rings is 1. The zero-order valence-electron chi connectivity index (χ0n) is 37.2. The van der Waals surface area contributed by atoms with Gasteiger partial charge in [0.1, 0.15) is 11.6 Å². The van der Waals surface area contributed by atoms with Gasteiger partial charge in [-0.2, -0.15) is 0 Å². The Morgan fingerprint density at radius 1 is 0.594 bits per heavy atom. The molecule has 316 valence electrons. The molecule has 7 aromatic carbocycles. The molecule has 6 heteroatoms. The van der Waals surface area contributed by atoms with Crippen LogP contribution >= 0.6 is 0 Å². The molecule has 0 amide bonds. The number of pyridine rings is 1. The Balaban J connectivity index is 0.00000484. The normalized spacial score (nSPS) is 12.1. The fourth-order valence-electron chi connectivity index (χ4n) is 9.70. The van der Waals surface area contributed by atoms with Crippen LogP contribution in [0.1, 0.15) is 77.0 Å². The summed E-state index contributed by atoms with van der Waals surface area (Å²) < 4.78 is 4.60. The second-order valence-electron chi connectivity index (χ2n) is 18.6. The van der Waals surface area contributed by atoms with Gasteiger partial charge in [-0.25, -0.2) is 9.97 Å². The van der Waals surface area contributed by atoms with Gasteiger partial charge in [0.2, 0.25) is 0 Å². The van der Waals surface area contributed by atoms with Crippen LogP contribution in [0.3, 0.4) is 0 Å². The van der Waals surface area contributed by atoms with E-state index in [0.29, 0.717) is 11.8 Å². The first kappa shape index (κ1) is 41.5. The Labute approximate surface area is 389 Å². The monoisotopic (exact) mass is 1010 g/mol. The summed E-state index contributed by atoms with van der Waals surface area (Å²) in [4.78, 5) is 15.8. The molecule has 0 spiro atoms. The summed E-state index contributed by atoms with van der Waals surface area (Å²) in [5.74, 6) is 2.51. The van der Waals surface area contributed by atoms with Crippen molar-refractivity contribution in [2.24, 2.45) is 0 Å². The van der Waals surface area contributed by atoms with E-state index >= 15 is 0 Å². The molecule has 64 heavy (non-hydrogen) atoms. The van der Waals surface area contributed by atoms with Crippen LogP contribution < -0.4 is 4.98 Å². The van der Waals surface area contributed by atoms with E-state index in [1.54, 1.807) is 0 Å². The van der Waals surface area contributed by atoms with Gasteiger partial charge in [0, 0.05) is 23.0 Å². The zero-order valence-corrected chi connectivity index (χ0v) is 39.5. The fraction of sp³-hybridized carbons (Fsp3) is 0.172. The second kappa shape index (κ2) is 15.9. The van der Waals surface area contributed by atoms with Crippen LogP contribution in [0.15, 0.2) is 158 Å². The standard InChI is InChI=1S/C58H49N5.Pt/c1-35(2)41-19-13-20-42(36(3)4)54(41)38-27-29-50-48(32-38)45-28-26-37(33-52(45)63(50)53-34-39(30-31-59-53)58(5,6)7)43-21-15-25-51-56(43)61-57(62(51)40-16-9-8-10-17-40)47-23-14-22-46-44-18-11-12-24-49(44)60-55(46)47;/h8-32,34-36H,1-7H3;/q-2;+2. The van der Waals surface area contributed by atoms with Crippen molar-refractivity contribution in [3.8, 4) is 45.1 Å². The fourth-order valence-corrected chi connectivity index (χ4v) is 9.70. The van der Waals surface area contributed by atoms with E-state index in [9.17, 15) is 0 Å². The average molecular weight is 1010 g/mol. The topological polar surface area (TPSA) is 49.7 Å². The Morgan fingerprint density at radius 2 is 1.30 bits per heavy atom. The predicted molar refractivity (Wildman–Crippen MR) is 264 cm³/mol. The Hall–Kier alpha value is -6.55. The number of para-hydroxylation sites is 4. The molecule has 0 unspecified atom stereocenters. The predicted octanol–water partition coefficient (Wildman–Crippen LogP) is 15.1. The molecule has 11 aromatic rings. The third-order valence-corrected chi connectivity index (χ3v) is 12.9. The van der Waals surface area contributed by atoms with Gasteiger partial charge in [-0.1, -0.05) is 163 Å². The molecule has 0 aliphatic carbocycles. The molecule has 11 rings (SSSR count). The van der Waals surface area contributed by atoms with Crippen LogP contribution in [0.25, 0.3) is 99.8 Å². The van der Waals surface area contributed by atoms with Crippen LogP contribution in [-0.2, 0) is 26.5 Å². The molecule has 4 heterocycles. The van der Waals surface area contributed by atoms with Gasteiger partial charge in [-0.05, 0) is 103 Å². The van der Waals surface area contributed by atoms with Crippen molar-refractivity contribution in [2.75, 3.05) is 0 Å². The number of hydrogen-bond donors (Lipinski definition) is 0. The van der Waals surface area contributed by atoms with Crippen LogP contribution in [0, 0.1) is 6.07 Å². The summed E-state index contributed by atoms with van der Waals surface area (Å²) in [5.41, 5.74) is 16.5. The van der Waals surface area contributed by atoms with Crippen molar-refractivity contribution in [2.45, 2.75) is 65.7 Å². The zero-order chi connectivity index (χ0) is 43.1. The number of aromatic nitrogens is 5. The van der Waals surface area contributed by atoms with Gasteiger partial charge in [0.05, 0.1) is 11.0 Å². The maximum absolute atomic E-state index is 5.57. The van der Waals surface area contributed by atoms with E-state index in [2.05, 4.69) is 215 Å². The van der Waals surface area contributed by atoms with Crippen LogP contribution in [0.2, 0.25) is 0 Å². The van der Waals surface area contributed by atoms with Crippen LogP contribution in [0.5, 0.6) is 0 Å². The van der Waals surface area contributed by atoms with Gasteiger partial charge in [-0.3, -0.25) is 4.57 Å². The summed E-state index contributed by atoms with van der Waals surface area (Å²) in [6.45, 7) is 16.0. The largest absolute Gasteiger partial charge is 2.00 e. The summed E-state index contributed by atoms with van der Waals surface area (Å²) in [6, 6.07) is 58.6. The van der Waals surface area contributed by atoms with Gasteiger partial charge >= 0.3 is 21.1 Å². The van der Waals surface area contributed by atoms with Gasteiger partial charge < -0.3 is 9.55 Å². The van der Waals surface area contributed by atoms with E-state index in [1.165, 1.54) is 33.2 Å². The first-order valence-electron chi connectivity index (χ1n) is 22.2. The van der Waals surface area contributed by atoms with E-state index in [1.807, 2.05) is 6.20 Å². The Morgan fingerprint density at radius 3 is 2.06 bits per heavy atom. The Kier molecular flexibility index (Phi) is 10.3. The molecule has 0 aliphatic rings. The van der Waals surface area contributed by atoms with E-state index in [0.717, 1.165) is 83.3 Å². The van der Waals surface area contributed by atoms with Gasteiger partial charge in [-0.15, -0.1) is 34.8 Å². The first-order chi connectivity index (χ1) is 30.5. The van der Waals surface area contributed by atoms with Crippen LogP contribution in [0.4, 0.5) is 0 Å². The quantitative estimate of drug-likeness (QED) is 0.150. The molecule has 0 atom stereocenters. The number of hydrogen-bond acceptors (Lipinski definition) is 2. The number of nitrogens with zero attached hydrogens (tertiary/aromatic N) is 5. The summed E-state index contributed by atoms with van der Waals surface area (Å²) in [7, 11) is 0. The van der Waals surface area contributed by atoms with Gasteiger partial charge in [0.25, 0.3) is 0 Å². The molecular weight excluding hydrogens is 962 g/mol. The van der Waals surface area contributed by atoms with Crippen molar-refractivity contribution in [1.29, 1.82) is 0 Å². The van der Waals surface area contributed by atoms with Gasteiger partial charge in [0.15, 0.2) is 0 Å².